The molecule has 1 aromatic rings. The molecule has 0 bridgehead atoms. The van der Waals surface area contributed by atoms with Crippen molar-refractivity contribution in [2.45, 2.75) is 32.4 Å². The van der Waals surface area contributed by atoms with Crippen molar-refractivity contribution in [1.82, 2.24) is 10.3 Å². The largest absolute Gasteiger partial charge is 0.445 e. The first-order valence-electron chi connectivity index (χ1n) is 5.60. The summed E-state index contributed by atoms with van der Waals surface area (Å²) < 4.78 is 10.5. The lowest BCUT2D eigenvalue weighted by Crippen LogP contribution is -2.33. The van der Waals surface area contributed by atoms with Crippen molar-refractivity contribution in [3.63, 3.8) is 0 Å². The third-order valence-corrected chi connectivity index (χ3v) is 2.34. The van der Waals surface area contributed by atoms with Gasteiger partial charge in [-0.1, -0.05) is 0 Å². The highest BCUT2D eigenvalue weighted by atomic mass is 16.5. The molecule has 1 unspecified atom stereocenters. The summed E-state index contributed by atoms with van der Waals surface area (Å²) in [6.07, 6.45) is 3.72. The predicted molar refractivity (Wildman–Crippen MR) is 62.0 cm³/mol. The molecule has 1 rings (SSSR count). The number of ether oxygens (including phenoxy) is 1. The molecule has 0 aliphatic rings. The Kier molecular flexibility index (Phi) is 6.07. The summed E-state index contributed by atoms with van der Waals surface area (Å²) in [4.78, 5) is 4.13. The van der Waals surface area contributed by atoms with Crippen LogP contribution in [-0.2, 0) is 11.3 Å². The van der Waals surface area contributed by atoms with E-state index < -0.39 is 0 Å². The Labute approximate surface area is 96.4 Å². The van der Waals surface area contributed by atoms with E-state index in [1.165, 1.54) is 0 Å². The van der Waals surface area contributed by atoms with Gasteiger partial charge in [0.1, 0.15) is 5.76 Å². The van der Waals surface area contributed by atoms with Crippen LogP contribution in [0.1, 0.15) is 24.5 Å². The summed E-state index contributed by atoms with van der Waals surface area (Å²) >= 11 is 0. The van der Waals surface area contributed by atoms with Crippen LogP contribution in [0.15, 0.2) is 10.6 Å². The minimum absolute atomic E-state index is 0.306. The van der Waals surface area contributed by atoms with Crippen LogP contribution in [0.4, 0.5) is 0 Å². The summed E-state index contributed by atoms with van der Waals surface area (Å²) in [5, 5.41) is 3.35. The maximum atomic E-state index is 5.48. The zero-order chi connectivity index (χ0) is 11.8. The van der Waals surface area contributed by atoms with Crippen molar-refractivity contribution < 1.29 is 9.15 Å². The number of aryl methyl sites for hydroxylation is 1. The molecule has 0 aliphatic carbocycles. The lowest BCUT2D eigenvalue weighted by Gasteiger charge is -2.16. The highest BCUT2D eigenvalue weighted by molar-refractivity contribution is 4.90. The molecule has 0 saturated heterocycles. The van der Waals surface area contributed by atoms with Crippen LogP contribution >= 0.6 is 0 Å². The molecule has 0 spiro atoms. The second kappa shape index (κ2) is 7.38. The average molecular weight is 227 g/mol. The Morgan fingerprint density at radius 2 is 2.44 bits per heavy atom. The number of nitrogens with one attached hydrogen (secondary N) is 1. The monoisotopic (exact) mass is 227 g/mol. The van der Waals surface area contributed by atoms with Crippen LogP contribution in [0.2, 0.25) is 0 Å². The predicted octanol–water partition coefficient (Wildman–Crippen LogP) is 0.827. The van der Waals surface area contributed by atoms with Gasteiger partial charge in [0, 0.05) is 13.2 Å². The van der Waals surface area contributed by atoms with E-state index >= 15 is 0 Å². The molecule has 0 fully saturated rings. The Hall–Kier alpha value is -0.910. The number of rotatable bonds is 8. The molecule has 0 aliphatic heterocycles. The van der Waals surface area contributed by atoms with Gasteiger partial charge in [-0.25, -0.2) is 4.98 Å². The fourth-order valence-electron chi connectivity index (χ4n) is 1.52. The Balaban J connectivity index is 2.30. The summed E-state index contributed by atoms with van der Waals surface area (Å²) in [7, 11) is 1.70. The third kappa shape index (κ3) is 4.74. The van der Waals surface area contributed by atoms with Gasteiger partial charge in [-0.15, -0.1) is 0 Å². The normalized spacial score (nSPS) is 12.9. The third-order valence-electron chi connectivity index (χ3n) is 2.34. The van der Waals surface area contributed by atoms with Gasteiger partial charge in [0.2, 0.25) is 5.89 Å². The molecule has 0 aromatic carbocycles. The standard InChI is InChI=1S/C11H21N3O2/c1-9-6-14-11(16-9)7-13-10(8-15-2)4-3-5-12/h6,10,13H,3-5,7-8,12H2,1-2H3. The molecule has 1 atom stereocenters. The number of oxazole rings is 1. The van der Waals surface area contributed by atoms with Crippen molar-refractivity contribution in [3.05, 3.63) is 17.8 Å². The van der Waals surface area contributed by atoms with Crippen LogP contribution in [0.25, 0.3) is 0 Å². The molecule has 0 amide bonds. The summed E-state index contributed by atoms with van der Waals surface area (Å²) in [5.41, 5.74) is 5.48. The number of aromatic nitrogens is 1. The number of methoxy groups -OCH3 is 1. The van der Waals surface area contributed by atoms with Crippen molar-refractivity contribution in [2.75, 3.05) is 20.3 Å². The molecule has 0 radical (unpaired) electrons. The van der Waals surface area contributed by atoms with E-state index in [0.717, 1.165) is 18.6 Å². The van der Waals surface area contributed by atoms with Gasteiger partial charge in [-0.3, -0.25) is 0 Å². The number of nitrogens with two attached hydrogens (primary N) is 1. The van der Waals surface area contributed by atoms with Crippen LogP contribution in [-0.4, -0.2) is 31.3 Å². The van der Waals surface area contributed by atoms with Crippen molar-refractivity contribution in [1.29, 1.82) is 0 Å². The lowest BCUT2D eigenvalue weighted by molar-refractivity contribution is 0.159. The van der Waals surface area contributed by atoms with Crippen LogP contribution in [0, 0.1) is 6.92 Å². The minimum Gasteiger partial charge on any atom is -0.445 e. The van der Waals surface area contributed by atoms with E-state index in [1.807, 2.05) is 6.92 Å². The maximum absolute atomic E-state index is 5.48. The fraction of sp³-hybridized carbons (Fsp3) is 0.727. The van der Waals surface area contributed by atoms with E-state index in [0.29, 0.717) is 31.6 Å². The SMILES string of the molecule is COCC(CCCN)NCc1ncc(C)o1. The summed E-state index contributed by atoms with van der Waals surface area (Å²) in [6.45, 7) is 3.91. The maximum Gasteiger partial charge on any atom is 0.208 e. The van der Waals surface area contributed by atoms with Crippen LogP contribution < -0.4 is 11.1 Å². The van der Waals surface area contributed by atoms with Crippen molar-refractivity contribution >= 4 is 0 Å². The summed E-state index contributed by atoms with van der Waals surface area (Å²) in [6, 6.07) is 0.306. The molecular weight excluding hydrogens is 206 g/mol. The molecule has 1 aromatic heterocycles. The van der Waals surface area contributed by atoms with E-state index in [4.69, 9.17) is 14.9 Å². The molecule has 0 saturated carbocycles. The van der Waals surface area contributed by atoms with Crippen molar-refractivity contribution in [2.24, 2.45) is 5.73 Å². The van der Waals surface area contributed by atoms with Crippen LogP contribution in [0.3, 0.4) is 0 Å². The zero-order valence-electron chi connectivity index (χ0n) is 10.0. The van der Waals surface area contributed by atoms with E-state index in [1.54, 1.807) is 13.3 Å². The Morgan fingerprint density at radius 3 is 3.00 bits per heavy atom. The molecule has 3 N–H and O–H groups in total. The van der Waals surface area contributed by atoms with Gasteiger partial charge >= 0.3 is 0 Å². The number of hydrogen-bond acceptors (Lipinski definition) is 5. The van der Waals surface area contributed by atoms with Gasteiger partial charge < -0.3 is 20.2 Å². The molecule has 5 nitrogen and oxygen atoms in total. The molecule has 92 valence electrons. The van der Waals surface area contributed by atoms with Crippen LogP contribution in [0.5, 0.6) is 0 Å². The van der Waals surface area contributed by atoms with Gasteiger partial charge in [0.15, 0.2) is 0 Å². The quantitative estimate of drug-likeness (QED) is 0.688. The Bertz CT molecular complexity index is 289. The summed E-state index contributed by atoms with van der Waals surface area (Å²) in [5.74, 6) is 1.55. The fourth-order valence-corrected chi connectivity index (χ4v) is 1.52. The first-order valence-corrected chi connectivity index (χ1v) is 5.60. The average Bonchev–Trinajstić information content (AvgIpc) is 2.68. The van der Waals surface area contributed by atoms with Crippen molar-refractivity contribution in [3.8, 4) is 0 Å². The van der Waals surface area contributed by atoms with Gasteiger partial charge in [-0.2, -0.15) is 0 Å². The second-order valence-corrected chi connectivity index (χ2v) is 3.83. The molecule has 5 heteroatoms. The minimum atomic E-state index is 0.306. The smallest absolute Gasteiger partial charge is 0.208 e. The molecular formula is C11H21N3O2. The second-order valence-electron chi connectivity index (χ2n) is 3.83. The van der Waals surface area contributed by atoms with E-state index in [9.17, 15) is 0 Å². The zero-order valence-corrected chi connectivity index (χ0v) is 10.0. The Morgan fingerprint density at radius 1 is 1.62 bits per heavy atom. The van der Waals surface area contributed by atoms with Gasteiger partial charge in [0.05, 0.1) is 19.3 Å². The highest BCUT2D eigenvalue weighted by Crippen LogP contribution is 2.03. The molecule has 16 heavy (non-hydrogen) atoms. The highest BCUT2D eigenvalue weighted by Gasteiger charge is 2.09. The van der Waals surface area contributed by atoms with Gasteiger partial charge in [0.25, 0.3) is 0 Å². The first kappa shape index (κ1) is 13.2. The molecule has 1 heterocycles. The number of nitrogens with zero attached hydrogens (tertiary/aromatic N) is 1. The topological polar surface area (TPSA) is 73.3 Å². The first-order chi connectivity index (χ1) is 7.76. The van der Waals surface area contributed by atoms with E-state index in [2.05, 4.69) is 10.3 Å². The van der Waals surface area contributed by atoms with E-state index in [-0.39, 0.29) is 0 Å². The lowest BCUT2D eigenvalue weighted by atomic mass is 10.1. The van der Waals surface area contributed by atoms with Gasteiger partial charge in [-0.05, 0) is 26.3 Å². The number of hydrogen-bond donors (Lipinski definition) is 2.